The zero-order valence-corrected chi connectivity index (χ0v) is 16.5. The average Bonchev–Trinajstić information content (AvgIpc) is 2.92. The fraction of sp³-hybridized carbons (Fsp3) is 0.421. The van der Waals surface area contributed by atoms with E-state index in [0.717, 1.165) is 11.1 Å². The first-order valence-electron chi connectivity index (χ1n) is 8.63. The van der Waals surface area contributed by atoms with E-state index in [1.165, 1.54) is 0 Å². The highest BCUT2D eigenvalue weighted by atomic mass is 35.5. The standard InChI is InChI=1S/C19H24ClN3O4/c1-13-5-7-15(8-6-13)11-23-18(20)17(14(2)22-23)19(25)27-12-16(24)21-9-4-10-26-3/h5-8H,4,9-12H2,1-3H3,(H,21,24). The lowest BCUT2D eigenvalue weighted by molar-refractivity contribution is -0.124. The number of aromatic nitrogens is 2. The molecular weight excluding hydrogens is 370 g/mol. The van der Waals surface area contributed by atoms with Gasteiger partial charge in [-0.05, 0) is 25.8 Å². The number of aryl methyl sites for hydroxylation is 2. The summed E-state index contributed by atoms with van der Waals surface area (Å²) >= 11 is 6.32. The van der Waals surface area contributed by atoms with Crippen molar-refractivity contribution in [3.63, 3.8) is 0 Å². The maximum atomic E-state index is 12.3. The minimum atomic E-state index is -0.667. The van der Waals surface area contributed by atoms with Crippen LogP contribution in [0.15, 0.2) is 24.3 Å². The lowest BCUT2D eigenvalue weighted by atomic mass is 10.1. The van der Waals surface area contributed by atoms with Gasteiger partial charge < -0.3 is 14.8 Å². The molecule has 0 spiro atoms. The van der Waals surface area contributed by atoms with Crippen LogP contribution in [0.2, 0.25) is 5.15 Å². The summed E-state index contributed by atoms with van der Waals surface area (Å²) in [5, 5.41) is 7.15. The van der Waals surface area contributed by atoms with Crippen molar-refractivity contribution in [2.24, 2.45) is 0 Å². The maximum absolute atomic E-state index is 12.3. The number of methoxy groups -OCH3 is 1. The number of amides is 1. The first kappa shape index (κ1) is 20.9. The Bertz CT molecular complexity index is 787. The Morgan fingerprint density at radius 2 is 1.93 bits per heavy atom. The molecule has 0 saturated heterocycles. The van der Waals surface area contributed by atoms with Crippen molar-refractivity contribution in [3.8, 4) is 0 Å². The van der Waals surface area contributed by atoms with E-state index in [4.69, 9.17) is 21.1 Å². The van der Waals surface area contributed by atoms with Crippen molar-refractivity contribution in [1.29, 1.82) is 0 Å². The van der Waals surface area contributed by atoms with Crippen molar-refractivity contribution in [2.75, 3.05) is 26.9 Å². The summed E-state index contributed by atoms with van der Waals surface area (Å²) in [5.41, 5.74) is 2.81. The third-order valence-electron chi connectivity index (χ3n) is 3.90. The highest BCUT2D eigenvalue weighted by Crippen LogP contribution is 2.22. The monoisotopic (exact) mass is 393 g/mol. The molecule has 7 nitrogen and oxygen atoms in total. The largest absolute Gasteiger partial charge is 0.452 e. The molecule has 0 aliphatic heterocycles. The Balaban J connectivity index is 1.95. The van der Waals surface area contributed by atoms with Gasteiger partial charge >= 0.3 is 5.97 Å². The number of nitrogens with zero attached hydrogens (tertiary/aromatic N) is 2. The van der Waals surface area contributed by atoms with E-state index >= 15 is 0 Å². The second-order valence-electron chi connectivity index (χ2n) is 6.17. The summed E-state index contributed by atoms with van der Waals surface area (Å²) in [6, 6.07) is 7.96. The summed E-state index contributed by atoms with van der Waals surface area (Å²) in [4.78, 5) is 24.0. The minimum Gasteiger partial charge on any atom is -0.452 e. The Labute approximate surface area is 163 Å². The predicted molar refractivity (Wildman–Crippen MR) is 102 cm³/mol. The average molecular weight is 394 g/mol. The second kappa shape index (κ2) is 10.1. The molecule has 0 radical (unpaired) electrons. The van der Waals surface area contributed by atoms with E-state index in [-0.39, 0.29) is 23.2 Å². The van der Waals surface area contributed by atoms with Gasteiger partial charge in [0.1, 0.15) is 10.7 Å². The van der Waals surface area contributed by atoms with Gasteiger partial charge in [0.15, 0.2) is 6.61 Å². The lowest BCUT2D eigenvalue weighted by Crippen LogP contribution is -2.30. The van der Waals surface area contributed by atoms with Crippen molar-refractivity contribution in [1.82, 2.24) is 15.1 Å². The van der Waals surface area contributed by atoms with E-state index in [0.29, 0.717) is 31.8 Å². The zero-order chi connectivity index (χ0) is 19.8. The number of rotatable bonds is 9. The lowest BCUT2D eigenvalue weighted by Gasteiger charge is -2.07. The van der Waals surface area contributed by atoms with Gasteiger partial charge in [0.25, 0.3) is 5.91 Å². The molecule has 0 bridgehead atoms. The van der Waals surface area contributed by atoms with E-state index in [9.17, 15) is 9.59 Å². The molecule has 1 N–H and O–H groups in total. The minimum absolute atomic E-state index is 0.177. The van der Waals surface area contributed by atoms with Crippen LogP contribution < -0.4 is 5.32 Å². The molecule has 146 valence electrons. The zero-order valence-electron chi connectivity index (χ0n) is 15.8. The molecular formula is C19H24ClN3O4. The molecule has 0 unspecified atom stereocenters. The fourth-order valence-electron chi connectivity index (χ4n) is 2.46. The first-order chi connectivity index (χ1) is 12.9. The van der Waals surface area contributed by atoms with Crippen LogP contribution in [0.1, 0.15) is 33.6 Å². The molecule has 1 amide bonds. The van der Waals surface area contributed by atoms with Gasteiger partial charge in [-0.25, -0.2) is 9.48 Å². The quantitative estimate of drug-likeness (QED) is 0.523. The Hall–Kier alpha value is -2.38. The number of ether oxygens (including phenoxy) is 2. The van der Waals surface area contributed by atoms with Gasteiger partial charge in [0, 0.05) is 20.3 Å². The van der Waals surface area contributed by atoms with Gasteiger partial charge in [-0.3, -0.25) is 4.79 Å². The summed E-state index contributed by atoms with van der Waals surface area (Å²) in [5.74, 6) is -1.04. The number of nitrogens with one attached hydrogen (secondary N) is 1. The molecule has 1 aromatic carbocycles. The van der Waals surface area contributed by atoms with Crippen molar-refractivity contribution >= 4 is 23.5 Å². The van der Waals surface area contributed by atoms with Crippen molar-refractivity contribution < 1.29 is 19.1 Å². The topological polar surface area (TPSA) is 82.4 Å². The molecule has 1 aromatic heterocycles. The number of hydrogen-bond acceptors (Lipinski definition) is 5. The van der Waals surface area contributed by atoms with Gasteiger partial charge in [-0.15, -0.1) is 0 Å². The van der Waals surface area contributed by atoms with E-state index in [2.05, 4.69) is 10.4 Å². The predicted octanol–water partition coefficient (Wildman–Crippen LogP) is 2.51. The number of halogens is 1. The van der Waals surface area contributed by atoms with Crippen LogP contribution >= 0.6 is 11.6 Å². The smallest absolute Gasteiger partial charge is 0.343 e. The second-order valence-corrected chi connectivity index (χ2v) is 6.52. The van der Waals surface area contributed by atoms with E-state index in [1.807, 2.05) is 31.2 Å². The van der Waals surface area contributed by atoms with E-state index in [1.54, 1.807) is 18.7 Å². The van der Waals surface area contributed by atoms with Crippen LogP contribution in [0.25, 0.3) is 0 Å². The Morgan fingerprint density at radius 3 is 2.59 bits per heavy atom. The van der Waals surface area contributed by atoms with Gasteiger partial charge in [0.05, 0.1) is 12.2 Å². The van der Waals surface area contributed by atoms with E-state index < -0.39 is 5.97 Å². The van der Waals surface area contributed by atoms with Crippen LogP contribution in [0, 0.1) is 13.8 Å². The first-order valence-corrected chi connectivity index (χ1v) is 9.01. The highest BCUT2D eigenvalue weighted by molar-refractivity contribution is 6.32. The summed E-state index contributed by atoms with van der Waals surface area (Å²) in [6.07, 6.45) is 0.687. The fourth-order valence-corrected chi connectivity index (χ4v) is 2.77. The molecule has 0 saturated carbocycles. The van der Waals surface area contributed by atoms with Crippen molar-refractivity contribution in [2.45, 2.75) is 26.8 Å². The summed E-state index contributed by atoms with van der Waals surface area (Å²) in [6.45, 7) is 4.76. The molecule has 1 heterocycles. The Morgan fingerprint density at radius 1 is 1.22 bits per heavy atom. The SMILES string of the molecule is COCCCNC(=O)COC(=O)c1c(C)nn(Cc2ccc(C)cc2)c1Cl. The number of carbonyl (C=O) groups excluding carboxylic acids is 2. The van der Waals surface area contributed by atoms with Crippen LogP contribution in [0.4, 0.5) is 0 Å². The summed E-state index contributed by atoms with van der Waals surface area (Å²) in [7, 11) is 1.59. The molecule has 2 aromatic rings. The summed E-state index contributed by atoms with van der Waals surface area (Å²) < 4.78 is 11.5. The molecule has 27 heavy (non-hydrogen) atoms. The van der Waals surface area contributed by atoms with Gasteiger partial charge in [-0.1, -0.05) is 41.4 Å². The molecule has 2 rings (SSSR count). The molecule has 8 heteroatoms. The number of carbonyl (C=O) groups is 2. The van der Waals surface area contributed by atoms with Crippen LogP contribution in [0.5, 0.6) is 0 Å². The molecule has 0 aliphatic rings. The van der Waals surface area contributed by atoms with Gasteiger partial charge in [-0.2, -0.15) is 5.10 Å². The molecule has 0 fully saturated rings. The Kier molecular flexibility index (Phi) is 7.82. The van der Waals surface area contributed by atoms with Crippen LogP contribution in [-0.4, -0.2) is 48.5 Å². The molecule has 0 aliphatic carbocycles. The molecule has 0 atom stereocenters. The van der Waals surface area contributed by atoms with Crippen LogP contribution in [-0.2, 0) is 20.8 Å². The van der Waals surface area contributed by atoms with Gasteiger partial charge in [0.2, 0.25) is 0 Å². The third-order valence-corrected chi connectivity index (χ3v) is 4.29. The third kappa shape index (κ3) is 6.08. The number of esters is 1. The maximum Gasteiger partial charge on any atom is 0.343 e. The van der Waals surface area contributed by atoms with Crippen LogP contribution in [0.3, 0.4) is 0 Å². The number of benzene rings is 1. The number of hydrogen-bond donors (Lipinski definition) is 1. The van der Waals surface area contributed by atoms with Crippen molar-refractivity contribution in [3.05, 3.63) is 51.8 Å². The normalized spacial score (nSPS) is 10.7. The highest BCUT2D eigenvalue weighted by Gasteiger charge is 2.22.